The molecule has 0 fully saturated rings. The second kappa shape index (κ2) is 5.18. The number of hydrogen-bond donors (Lipinski definition) is 4. The molecule has 5 nitrogen and oxygen atoms in total. The van der Waals surface area contributed by atoms with Gasteiger partial charge in [-0.25, -0.2) is 0 Å². The number of nitrogen functional groups attached to an aromatic ring is 1. The topological polar surface area (TPSA) is 95.6 Å². The van der Waals surface area contributed by atoms with Crippen molar-refractivity contribution in [1.29, 1.82) is 0 Å². The van der Waals surface area contributed by atoms with Crippen molar-refractivity contribution in [1.82, 2.24) is 5.32 Å². The average molecular weight is 300 g/mol. The number of carbonyl (C=O) groups excluding carboxylic acids is 1. The summed E-state index contributed by atoms with van der Waals surface area (Å²) in [5.41, 5.74) is 5.60. The lowest BCUT2D eigenvalue weighted by atomic mass is 10.1. The first-order valence-corrected chi connectivity index (χ1v) is 5.49. The minimum Gasteiger partial charge on any atom is -0.507 e. The van der Waals surface area contributed by atoms with E-state index >= 15 is 0 Å². The normalized spacial score (nSPS) is 13.2. The van der Waals surface area contributed by atoms with Gasteiger partial charge in [0.05, 0.1) is 5.56 Å². The Bertz CT molecular complexity index is 434. The summed E-state index contributed by atoms with van der Waals surface area (Å²) in [5.74, 6) is -1.11. The van der Waals surface area contributed by atoms with Crippen LogP contribution < -0.4 is 11.1 Å². The number of carbonyl (C=O) groups is 1. The molecule has 0 radical (unpaired) electrons. The van der Waals surface area contributed by atoms with Crippen LogP contribution in [-0.4, -0.2) is 26.1 Å². The number of aromatic hydroxyl groups is 1. The van der Waals surface area contributed by atoms with E-state index in [1.165, 1.54) is 18.2 Å². The molecule has 0 saturated heterocycles. The van der Waals surface area contributed by atoms with Crippen LogP contribution in [-0.2, 0) is 0 Å². The Morgan fingerprint density at radius 3 is 2.53 bits per heavy atom. The summed E-state index contributed by atoms with van der Waals surface area (Å²) in [6.45, 7) is 0. The summed E-state index contributed by atoms with van der Waals surface area (Å²) in [5, 5.41) is 20.8. The monoisotopic (exact) mass is 298 g/mol. The van der Waals surface area contributed by atoms with Gasteiger partial charge in [-0.1, -0.05) is 34.8 Å². The van der Waals surface area contributed by atoms with E-state index in [0.717, 1.165) is 0 Å². The van der Waals surface area contributed by atoms with E-state index in [1.54, 1.807) is 0 Å². The third-order valence-electron chi connectivity index (χ3n) is 1.84. The lowest BCUT2D eigenvalue weighted by Crippen LogP contribution is -2.43. The Morgan fingerprint density at radius 1 is 1.41 bits per heavy atom. The van der Waals surface area contributed by atoms with Gasteiger partial charge in [0.15, 0.2) is 6.23 Å². The molecule has 1 atom stereocenters. The van der Waals surface area contributed by atoms with Crippen LogP contribution in [0.25, 0.3) is 0 Å². The highest BCUT2D eigenvalue weighted by Crippen LogP contribution is 2.29. The first kappa shape index (κ1) is 14.2. The van der Waals surface area contributed by atoms with Crippen LogP contribution in [0.4, 0.5) is 5.69 Å². The lowest BCUT2D eigenvalue weighted by Gasteiger charge is -2.20. The zero-order valence-corrected chi connectivity index (χ0v) is 10.6. The summed E-state index contributed by atoms with van der Waals surface area (Å²) in [6, 6.07) is 3.89. The zero-order chi connectivity index (χ0) is 13.2. The number of nitrogens with one attached hydrogen (secondary N) is 1. The molecule has 0 spiro atoms. The van der Waals surface area contributed by atoms with Crippen LogP contribution in [0.5, 0.6) is 5.75 Å². The number of phenols is 1. The van der Waals surface area contributed by atoms with Crippen LogP contribution in [0, 0.1) is 0 Å². The van der Waals surface area contributed by atoms with Crippen molar-refractivity contribution in [2.45, 2.75) is 10.0 Å². The highest BCUT2D eigenvalue weighted by Gasteiger charge is 2.32. The number of rotatable bonds is 2. The number of aliphatic hydroxyl groups excluding tert-OH is 1. The maximum atomic E-state index is 11.6. The second-order valence-electron chi connectivity index (χ2n) is 3.19. The Morgan fingerprint density at radius 2 is 2.00 bits per heavy atom. The van der Waals surface area contributed by atoms with Crippen molar-refractivity contribution in [2.75, 3.05) is 5.73 Å². The maximum Gasteiger partial charge on any atom is 0.257 e. The smallest absolute Gasteiger partial charge is 0.257 e. The molecule has 1 rings (SSSR count). The molecule has 0 aromatic heterocycles. The quantitative estimate of drug-likeness (QED) is 0.287. The standard InChI is InChI=1S/C9H9Cl3N2O3/c10-9(11,12)8(17)14-7(16)5-3-4(13)1-2-6(5)15/h1-3,8,15,17H,13H2,(H,14,16). The largest absolute Gasteiger partial charge is 0.507 e. The van der Waals surface area contributed by atoms with Crippen molar-refractivity contribution < 1.29 is 15.0 Å². The molecule has 1 aromatic rings. The van der Waals surface area contributed by atoms with E-state index in [4.69, 9.17) is 40.5 Å². The van der Waals surface area contributed by atoms with Gasteiger partial charge in [0.2, 0.25) is 3.79 Å². The average Bonchev–Trinajstić information content (AvgIpc) is 2.20. The predicted octanol–water partition coefficient (Wildman–Crippen LogP) is 1.39. The highest BCUT2D eigenvalue weighted by molar-refractivity contribution is 6.68. The van der Waals surface area contributed by atoms with Crippen LogP contribution in [0.1, 0.15) is 10.4 Å². The van der Waals surface area contributed by atoms with Gasteiger partial charge in [0.25, 0.3) is 5.91 Å². The molecular weight excluding hydrogens is 290 g/mol. The summed E-state index contributed by atoms with van der Waals surface area (Å²) in [7, 11) is 0. The summed E-state index contributed by atoms with van der Waals surface area (Å²) in [6.07, 6.45) is -1.71. The Hall–Kier alpha value is -0.880. The lowest BCUT2D eigenvalue weighted by molar-refractivity contribution is 0.0789. The molecule has 1 aromatic carbocycles. The van der Waals surface area contributed by atoms with Gasteiger partial charge >= 0.3 is 0 Å². The number of halogens is 3. The molecular formula is C9H9Cl3N2O3. The van der Waals surface area contributed by atoms with E-state index in [-0.39, 0.29) is 17.0 Å². The van der Waals surface area contributed by atoms with Crippen molar-refractivity contribution in [3.8, 4) is 5.75 Å². The second-order valence-corrected chi connectivity index (χ2v) is 5.56. The first-order valence-electron chi connectivity index (χ1n) is 4.36. The molecule has 94 valence electrons. The van der Waals surface area contributed by atoms with E-state index < -0.39 is 15.9 Å². The molecule has 0 saturated carbocycles. The summed E-state index contributed by atoms with van der Waals surface area (Å²) >= 11 is 16.1. The predicted molar refractivity (Wildman–Crippen MR) is 66.3 cm³/mol. The van der Waals surface area contributed by atoms with Gasteiger partial charge in [0, 0.05) is 5.69 Å². The van der Waals surface area contributed by atoms with Crippen LogP contribution in [0.15, 0.2) is 18.2 Å². The van der Waals surface area contributed by atoms with Crippen LogP contribution in [0.3, 0.4) is 0 Å². The van der Waals surface area contributed by atoms with Crippen molar-refractivity contribution >= 4 is 46.4 Å². The molecule has 0 bridgehead atoms. The number of phenolic OH excluding ortho intramolecular Hbond substituents is 1. The highest BCUT2D eigenvalue weighted by atomic mass is 35.6. The summed E-state index contributed by atoms with van der Waals surface area (Å²) < 4.78 is -2.06. The van der Waals surface area contributed by atoms with Crippen molar-refractivity contribution in [3.05, 3.63) is 23.8 Å². The number of alkyl halides is 3. The van der Waals surface area contributed by atoms with Crippen molar-refractivity contribution in [3.63, 3.8) is 0 Å². The van der Waals surface area contributed by atoms with E-state index in [9.17, 15) is 15.0 Å². The van der Waals surface area contributed by atoms with Gasteiger partial charge < -0.3 is 21.3 Å². The number of anilines is 1. The molecule has 0 aliphatic rings. The Balaban J connectivity index is 2.87. The minimum atomic E-state index is -2.06. The fourth-order valence-electron chi connectivity index (χ4n) is 1.02. The molecule has 17 heavy (non-hydrogen) atoms. The van der Waals surface area contributed by atoms with E-state index in [2.05, 4.69) is 0 Å². The van der Waals surface area contributed by atoms with Gasteiger partial charge in [-0.2, -0.15) is 0 Å². The fourth-order valence-corrected chi connectivity index (χ4v) is 1.18. The first-order chi connectivity index (χ1) is 7.71. The molecule has 1 unspecified atom stereocenters. The SMILES string of the molecule is Nc1ccc(O)c(C(=O)NC(O)C(Cl)(Cl)Cl)c1. The number of amides is 1. The van der Waals surface area contributed by atoms with E-state index in [1.807, 2.05) is 5.32 Å². The Labute approximate surface area is 112 Å². The number of nitrogens with two attached hydrogens (primary N) is 1. The third-order valence-corrected chi connectivity index (χ3v) is 2.46. The third kappa shape index (κ3) is 3.81. The molecule has 8 heteroatoms. The molecule has 5 N–H and O–H groups in total. The van der Waals surface area contributed by atoms with Gasteiger partial charge in [-0.05, 0) is 18.2 Å². The van der Waals surface area contributed by atoms with E-state index in [0.29, 0.717) is 0 Å². The van der Waals surface area contributed by atoms with Crippen molar-refractivity contribution in [2.24, 2.45) is 0 Å². The van der Waals surface area contributed by atoms with Gasteiger partial charge in [-0.3, -0.25) is 4.79 Å². The maximum absolute atomic E-state index is 11.6. The van der Waals surface area contributed by atoms with Gasteiger partial charge in [-0.15, -0.1) is 0 Å². The molecule has 0 aliphatic carbocycles. The molecule has 1 amide bonds. The molecule has 0 heterocycles. The Kier molecular flexibility index (Phi) is 4.32. The summed E-state index contributed by atoms with van der Waals surface area (Å²) in [4.78, 5) is 11.6. The van der Waals surface area contributed by atoms with Crippen LogP contribution >= 0.6 is 34.8 Å². The molecule has 0 aliphatic heterocycles. The zero-order valence-electron chi connectivity index (χ0n) is 8.32. The number of hydrogen-bond acceptors (Lipinski definition) is 4. The fraction of sp³-hybridized carbons (Fsp3) is 0.222. The number of benzene rings is 1. The van der Waals surface area contributed by atoms with Crippen LogP contribution in [0.2, 0.25) is 0 Å². The number of aliphatic hydroxyl groups is 1. The minimum absolute atomic E-state index is 0.127. The van der Waals surface area contributed by atoms with Gasteiger partial charge in [0.1, 0.15) is 5.75 Å².